The molecule has 27 heavy (non-hydrogen) atoms. The average Bonchev–Trinajstić information content (AvgIpc) is 2.67. The Hall–Kier alpha value is -2.72. The zero-order valence-corrected chi connectivity index (χ0v) is 23.7. The predicted octanol–water partition coefficient (Wildman–Crippen LogP) is 2.95. The van der Waals surface area contributed by atoms with Crippen molar-refractivity contribution in [3.05, 3.63) is 34.9 Å². The quantitative estimate of drug-likeness (QED) is 0.105. The van der Waals surface area contributed by atoms with Gasteiger partial charge in [-0.15, -0.1) is 0 Å². The first-order chi connectivity index (χ1) is 12.5. The topological polar surface area (TPSA) is 98.5 Å². The summed E-state index contributed by atoms with van der Waals surface area (Å²) in [6.07, 6.45) is 1.52. The summed E-state index contributed by atoms with van der Waals surface area (Å²) in [5.41, 5.74) is 0.222. The molecule has 150 valence electrons. The van der Waals surface area contributed by atoms with E-state index in [9.17, 15) is 10.1 Å². The van der Waals surface area contributed by atoms with Gasteiger partial charge in [-0.2, -0.15) is 7.11 Å². The molecule has 0 aliphatic heterocycles. The first kappa shape index (κ1) is 24.3. The van der Waals surface area contributed by atoms with Gasteiger partial charge in [0.1, 0.15) is 5.75 Å². The summed E-state index contributed by atoms with van der Waals surface area (Å²) in [5, 5.41) is 11.3. The number of unbranched alkanes of at least 4 members (excludes halogenated alkanes) is 1. The second-order valence-corrected chi connectivity index (χ2v) is 8.42. The number of nitro groups is 1. The summed E-state index contributed by atoms with van der Waals surface area (Å²) in [5.74, 6) is 0.569. The number of benzene rings is 1. The maximum atomic E-state index is 11.3. The van der Waals surface area contributed by atoms with E-state index in [1.165, 1.54) is 19.2 Å². The molecule has 9 nitrogen and oxygen atoms in total. The molecule has 0 aliphatic carbocycles. The van der Waals surface area contributed by atoms with E-state index in [0.29, 0.717) is 24.0 Å². The van der Waals surface area contributed by atoms with E-state index in [0.717, 1.165) is 12.8 Å². The SMILES string of the molecule is [CH2-]Oc1cc(OC)c(COCCCC[Si](OC)(OC)OC)c([N+](=O)[O-])c1.[Rf]. The molecule has 0 aromatic heterocycles. The number of methoxy groups -OCH3 is 1. The van der Waals surface area contributed by atoms with Crippen LogP contribution in [-0.2, 0) is 24.6 Å². The molecule has 0 aliphatic rings. The third-order valence-electron chi connectivity index (χ3n) is 3.94. The summed E-state index contributed by atoms with van der Waals surface area (Å²) in [6.45, 7) is 0.480. The molecule has 0 saturated heterocycles. The van der Waals surface area contributed by atoms with Crippen LogP contribution in [0.15, 0.2) is 12.1 Å². The fourth-order valence-electron chi connectivity index (χ4n) is 2.46. The molecule has 0 saturated carbocycles. The first-order valence-electron chi connectivity index (χ1n) is 7.97. The standard InChI is InChI=1S/C16H26NO8Si.Rf/c1-20-13-10-15(17(18)19)14(16(11-13)21-2)12-25-8-6-7-9-26(22-3,23-4)24-5;/h10-11H,1,6-9,12H2,2-5H3;/q-1;. The molecule has 0 radical (unpaired) electrons. The van der Waals surface area contributed by atoms with E-state index in [-0.39, 0.29) is 18.0 Å². The number of ether oxygens (including phenoxy) is 3. The Morgan fingerprint density at radius 3 is 2.22 bits per heavy atom. The second-order valence-electron chi connectivity index (χ2n) is 5.33. The largest absolute Gasteiger partial charge is 0.665 e. The molecule has 1 aromatic rings. The molecule has 0 fully saturated rings. The molecule has 0 atom stereocenters. The molecule has 0 unspecified atom stereocenters. The van der Waals surface area contributed by atoms with Crippen LogP contribution in [0.3, 0.4) is 0 Å². The smallest absolute Gasteiger partial charge is 0.500 e. The molecule has 1 rings (SSSR count). The van der Waals surface area contributed by atoms with Crippen molar-refractivity contribution in [1.82, 2.24) is 0 Å². The van der Waals surface area contributed by atoms with E-state index >= 15 is 0 Å². The van der Waals surface area contributed by atoms with Crippen LogP contribution >= 0.6 is 0 Å². The maximum Gasteiger partial charge on any atom is 0.500 e. The van der Waals surface area contributed by atoms with Gasteiger partial charge in [-0.3, -0.25) is 10.1 Å². The zero-order valence-electron chi connectivity index (χ0n) is 16.3. The minimum absolute atomic E-state index is 0. The Morgan fingerprint density at radius 2 is 1.74 bits per heavy atom. The molecule has 0 bridgehead atoms. The Bertz CT molecular complexity index is 578. The Morgan fingerprint density at radius 1 is 1.11 bits per heavy atom. The van der Waals surface area contributed by atoms with Gasteiger partial charge in [0.15, 0.2) is 0 Å². The van der Waals surface area contributed by atoms with Crippen LogP contribution in [0.1, 0.15) is 18.4 Å². The average molecular weight is 655 g/mol. The van der Waals surface area contributed by atoms with Gasteiger partial charge in [-0.1, -0.05) is 0 Å². The summed E-state index contributed by atoms with van der Waals surface area (Å²) in [7, 11) is 6.83. The van der Waals surface area contributed by atoms with Crippen LogP contribution in [0.5, 0.6) is 11.5 Å². The van der Waals surface area contributed by atoms with Crippen molar-refractivity contribution in [3.63, 3.8) is 0 Å². The van der Waals surface area contributed by atoms with Gasteiger partial charge < -0.3 is 27.5 Å². The van der Waals surface area contributed by atoms with E-state index < -0.39 is 13.7 Å². The van der Waals surface area contributed by atoms with Crippen molar-refractivity contribution in [2.75, 3.05) is 35.0 Å². The zero-order chi connectivity index (χ0) is 19.6. The van der Waals surface area contributed by atoms with Crippen LogP contribution in [0, 0.1) is 17.2 Å². The van der Waals surface area contributed by atoms with Crippen molar-refractivity contribution >= 4 is 14.5 Å². The van der Waals surface area contributed by atoms with Gasteiger partial charge in [-0.25, -0.2) is 0 Å². The molecule has 0 amide bonds. The Balaban J connectivity index is 0.00000676. The molecule has 0 spiro atoms. The third-order valence-corrected chi connectivity index (χ3v) is 6.78. The van der Waals surface area contributed by atoms with Crippen molar-refractivity contribution in [3.8, 4) is 11.5 Å². The first-order valence-corrected chi connectivity index (χ1v) is 9.90. The van der Waals surface area contributed by atoms with Crippen LogP contribution in [0.25, 0.3) is 0 Å². The number of hydrogen-bond donors (Lipinski definition) is 0. The molecule has 1 aromatic carbocycles. The third kappa shape index (κ3) is 6.50. The Labute approximate surface area is 154 Å². The van der Waals surface area contributed by atoms with Gasteiger partial charge >= 0.3 is 8.80 Å². The fourth-order valence-corrected chi connectivity index (χ4v) is 4.25. The van der Waals surface area contributed by atoms with Gasteiger partial charge in [0, 0.05) is 40.0 Å². The number of hydrogen-bond acceptors (Lipinski definition) is 8. The number of rotatable bonds is 13. The summed E-state index contributed by atoms with van der Waals surface area (Å²) in [6, 6.07) is 3.50. The Kier molecular flexibility index (Phi) is 10.6. The number of nitrogens with zero attached hydrogens (tertiary/aromatic N) is 1. The molecular formula is C16H26NO8RfSi-. The van der Waals surface area contributed by atoms with Crippen molar-refractivity contribution < 1.29 is 32.4 Å². The monoisotopic (exact) mass is 655 g/mol. The van der Waals surface area contributed by atoms with Gasteiger partial charge in [0.05, 0.1) is 36.0 Å². The van der Waals surface area contributed by atoms with Crippen LogP contribution in [-0.4, -0.2) is 48.8 Å². The van der Waals surface area contributed by atoms with E-state index in [4.69, 9.17) is 27.5 Å². The predicted molar refractivity (Wildman–Crippen MR) is 96.1 cm³/mol. The molecular weight excluding hydrogens is 629 g/mol. The molecule has 0 heterocycles. The minimum Gasteiger partial charge on any atom is -0.665 e. The van der Waals surface area contributed by atoms with Gasteiger partial charge in [-0.05, 0) is 12.8 Å². The summed E-state index contributed by atoms with van der Waals surface area (Å²) >= 11 is 0. The van der Waals surface area contributed by atoms with Crippen molar-refractivity contribution in [2.45, 2.75) is 25.5 Å². The number of nitro benzene ring substituents is 1. The normalized spacial score (nSPS) is 11.0. The molecule has 11 heteroatoms. The second kappa shape index (κ2) is 11.8. The van der Waals surface area contributed by atoms with Gasteiger partial charge in [0.2, 0.25) is 0 Å². The van der Waals surface area contributed by atoms with Crippen molar-refractivity contribution in [2.24, 2.45) is 0 Å². The van der Waals surface area contributed by atoms with E-state index in [1.807, 2.05) is 0 Å². The van der Waals surface area contributed by atoms with E-state index in [2.05, 4.69) is 7.11 Å². The van der Waals surface area contributed by atoms with Crippen LogP contribution in [0.2, 0.25) is 6.04 Å². The van der Waals surface area contributed by atoms with Crippen LogP contribution in [0.4, 0.5) is 5.69 Å². The summed E-state index contributed by atoms with van der Waals surface area (Å²) in [4.78, 5) is 10.8. The summed E-state index contributed by atoms with van der Waals surface area (Å²) < 4.78 is 31.7. The van der Waals surface area contributed by atoms with Crippen molar-refractivity contribution in [1.29, 1.82) is 0 Å². The van der Waals surface area contributed by atoms with Crippen LogP contribution < -0.4 is 9.47 Å². The minimum atomic E-state index is -2.58. The van der Waals surface area contributed by atoms with E-state index in [1.54, 1.807) is 21.3 Å². The fraction of sp³-hybridized carbons (Fsp3) is 0.562. The van der Waals surface area contributed by atoms with Gasteiger partial charge in [0.25, 0.3) is 5.69 Å². The molecule has 0 N–H and O–H groups in total. The maximum absolute atomic E-state index is 11.3.